The number of benzene rings is 2. The Morgan fingerprint density at radius 2 is 1.83 bits per heavy atom. The summed E-state index contributed by atoms with van der Waals surface area (Å²) in [6.07, 6.45) is 2.81. The number of alkyl halides is 3. The van der Waals surface area contributed by atoms with Crippen molar-refractivity contribution in [1.29, 1.82) is 0 Å². The van der Waals surface area contributed by atoms with E-state index in [0.717, 1.165) is 47.2 Å². The Morgan fingerprint density at radius 1 is 1.13 bits per heavy atom. The van der Waals surface area contributed by atoms with Crippen LogP contribution in [0.25, 0.3) is 22.3 Å². The fraction of sp³-hybridized carbons (Fsp3) is 0.217. The van der Waals surface area contributed by atoms with Crippen LogP contribution < -0.4 is 5.32 Å². The highest BCUT2D eigenvalue weighted by Gasteiger charge is 2.30. The SMILES string of the molecule is C=CC(=O)NCc1ccc(-c2ccc(C(F)(F)F)cc2)cc1-c1cnn(C2CC2)c1. The summed E-state index contributed by atoms with van der Waals surface area (Å²) in [5, 5.41) is 7.21. The normalized spacial score (nSPS) is 13.8. The zero-order chi connectivity index (χ0) is 21.3. The molecule has 0 unspecified atom stereocenters. The number of halogens is 3. The number of hydrogen-bond donors (Lipinski definition) is 1. The maximum atomic E-state index is 12.9. The Kier molecular flexibility index (Phi) is 5.20. The van der Waals surface area contributed by atoms with Crippen molar-refractivity contribution in [3.8, 4) is 22.3 Å². The van der Waals surface area contributed by atoms with Gasteiger partial charge in [-0.05, 0) is 59.4 Å². The van der Waals surface area contributed by atoms with Crippen LogP contribution in [0.4, 0.5) is 13.2 Å². The van der Waals surface area contributed by atoms with Crippen LogP contribution in [0.2, 0.25) is 0 Å². The fourth-order valence-electron chi connectivity index (χ4n) is 3.30. The van der Waals surface area contributed by atoms with Crippen LogP contribution in [0.1, 0.15) is 30.0 Å². The zero-order valence-corrected chi connectivity index (χ0v) is 16.1. The first-order valence-corrected chi connectivity index (χ1v) is 9.60. The second-order valence-electron chi connectivity index (χ2n) is 7.31. The van der Waals surface area contributed by atoms with Crippen molar-refractivity contribution < 1.29 is 18.0 Å². The third-order valence-electron chi connectivity index (χ3n) is 5.13. The van der Waals surface area contributed by atoms with E-state index in [4.69, 9.17) is 0 Å². The maximum Gasteiger partial charge on any atom is 0.416 e. The predicted molar refractivity (Wildman–Crippen MR) is 108 cm³/mol. The van der Waals surface area contributed by atoms with E-state index in [-0.39, 0.29) is 5.91 Å². The molecule has 7 heteroatoms. The first kappa shape index (κ1) is 19.9. The Bertz CT molecular complexity index is 1080. The summed E-state index contributed by atoms with van der Waals surface area (Å²) >= 11 is 0. The van der Waals surface area contributed by atoms with Crippen molar-refractivity contribution in [3.05, 3.63) is 78.6 Å². The molecule has 4 rings (SSSR count). The number of rotatable bonds is 6. The summed E-state index contributed by atoms with van der Waals surface area (Å²) < 4.78 is 40.5. The quantitative estimate of drug-likeness (QED) is 0.554. The van der Waals surface area contributed by atoms with E-state index in [9.17, 15) is 18.0 Å². The van der Waals surface area contributed by atoms with Gasteiger partial charge in [-0.15, -0.1) is 0 Å². The molecule has 1 amide bonds. The van der Waals surface area contributed by atoms with Crippen LogP contribution in [-0.2, 0) is 17.5 Å². The molecule has 30 heavy (non-hydrogen) atoms. The third-order valence-corrected chi connectivity index (χ3v) is 5.13. The largest absolute Gasteiger partial charge is 0.416 e. The number of nitrogens with zero attached hydrogens (tertiary/aromatic N) is 2. The first-order chi connectivity index (χ1) is 14.3. The molecule has 1 aliphatic rings. The number of aromatic nitrogens is 2. The van der Waals surface area contributed by atoms with Crippen molar-refractivity contribution in [2.45, 2.75) is 31.6 Å². The van der Waals surface area contributed by atoms with Crippen molar-refractivity contribution in [3.63, 3.8) is 0 Å². The van der Waals surface area contributed by atoms with Crippen LogP contribution in [-0.4, -0.2) is 15.7 Å². The topological polar surface area (TPSA) is 46.9 Å². The number of amides is 1. The Labute approximate surface area is 172 Å². The van der Waals surface area contributed by atoms with E-state index in [1.807, 2.05) is 29.1 Å². The van der Waals surface area contributed by atoms with Crippen LogP contribution in [0.5, 0.6) is 0 Å². The van der Waals surface area contributed by atoms with Gasteiger partial charge in [-0.2, -0.15) is 18.3 Å². The number of hydrogen-bond acceptors (Lipinski definition) is 2. The number of carbonyl (C=O) groups excluding carboxylic acids is 1. The summed E-state index contributed by atoms with van der Waals surface area (Å²) in [7, 11) is 0. The standard InChI is InChI=1S/C23H20F3N3O/c1-2-22(30)27-12-17-4-3-16(15-5-7-19(8-6-15)23(24,25)26)11-21(17)18-13-28-29(14-18)20-9-10-20/h2-8,11,13-14,20H,1,9-10,12H2,(H,27,30). The van der Waals surface area contributed by atoms with Crippen LogP contribution >= 0.6 is 0 Å². The minimum Gasteiger partial charge on any atom is -0.348 e. The predicted octanol–water partition coefficient (Wildman–Crippen LogP) is 5.37. The molecule has 1 heterocycles. The molecule has 0 spiro atoms. The highest BCUT2D eigenvalue weighted by atomic mass is 19.4. The van der Waals surface area contributed by atoms with Gasteiger partial charge >= 0.3 is 6.18 Å². The first-order valence-electron chi connectivity index (χ1n) is 9.60. The second kappa shape index (κ2) is 7.82. The molecule has 0 bridgehead atoms. The van der Waals surface area contributed by atoms with Crippen molar-refractivity contribution in [1.82, 2.24) is 15.1 Å². The average Bonchev–Trinajstić information content (AvgIpc) is 3.48. The number of nitrogens with one attached hydrogen (secondary N) is 1. The monoisotopic (exact) mass is 411 g/mol. The molecular weight excluding hydrogens is 391 g/mol. The van der Waals surface area contributed by atoms with E-state index < -0.39 is 11.7 Å². The van der Waals surface area contributed by atoms with Crippen LogP contribution in [0.15, 0.2) is 67.5 Å². The molecular formula is C23H20F3N3O. The van der Waals surface area contributed by atoms with E-state index in [1.54, 1.807) is 6.20 Å². The van der Waals surface area contributed by atoms with Gasteiger partial charge in [-0.1, -0.05) is 30.8 Å². The van der Waals surface area contributed by atoms with E-state index in [1.165, 1.54) is 18.2 Å². The highest BCUT2D eigenvalue weighted by molar-refractivity contribution is 5.87. The molecule has 1 aromatic heterocycles. The Hall–Kier alpha value is -3.35. The van der Waals surface area contributed by atoms with Crippen LogP contribution in [0.3, 0.4) is 0 Å². The third kappa shape index (κ3) is 4.30. The lowest BCUT2D eigenvalue weighted by Crippen LogP contribution is -2.20. The zero-order valence-electron chi connectivity index (χ0n) is 16.1. The molecule has 0 atom stereocenters. The van der Waals surface area contributed by atoms with Crippen molar-refractivity contribution >= 4 is 5.91 Å². The lowest BCUT2D eigenvalue weighted by molar-refractivity contribution is -0.137. The Morgan fingerprint density at radius 3 is 2.47 bits per heavy atom. The lowest BCUT2D eigenvalue weighted by Gasteiger charge is -2.13. The van der Waals surface area contributed by atoms with Crippen molar-refractivity contribution in [2.24, 2.45) is 0 Å². The summed E-state index contributed by atoms with van der Waals surface area (Å²) in [5.74, 6) is -0.276. The van der Waals surface area contributed by atoms with Crippen LogP contribution in [0, 0.1) is 0 Å². The highest BCUT2D eigenvalue weighted by Crippen LogP contribution is 2.37. The molecule has 0 aliphatic heterocycles. The summed E-state index contributed by atoms with van der Waals surface area (Å²) in [4.78, 5) is 11.6. The molecule has 154 valence electrons. The molecule has 0 radical (unpaired) electrons. The molecule has 1 N–H and O–H groups in total. The van der Waals surface area contributed by atoms with Gasteiger partial charge < -0.3 is 5.32 Å². The van der Waals surface area contributed by atoms with Gasteiger partial charge in [0.2, 0.25) is 5.91 Å². The van der Waals surface area contributed by atoms with E-state index in [2.05, 4.69) is 17.0 Å². The van der Waals surface area contributed by atoms with Gasteiger partial charge in [-0.3, -0.25) is 9.48 Å². The molecule has 1 fully saturated rings. The summed E-state index contributed by atoms with van der Waals surface area (Å²) in [6, 6.07) is 11.2. The molecule has 0 saturated heterocycles. The number of carbonyl (C=O) groups is 1. The minimum atomic E-state index is -4.37. The van der Waals surface area contributed by atoms with Gasteiger partial charge in [0.1, 0.15) is 0 Å². The smallest absolute Gasteiger partial charge is 0.348 e. The molecule has 1 aliphatic carbocycles. The Balaban J connectivity index is 1.70. The minimum absolute atomic E-state index is 0.276. The van der Waals surface area contributed by atoms with Crippen molar-refractivity contribution in [2.75, 3.05) is 0 Å². The summed E-state index contributed by atoms with van der Waals surface area (Å²) in [5.41, 5.74) is 3.46. The average molecular weight is 411 g/mol. The molecule has 2 aromatic carbocycles. The van der Waals surface area contributed by atoms with Gasteiger partial charge in [0.05, 0.1) is 17.8 Å². The summed E-state index contributed by atoms with van der Waals surface area (Å²) in [6.45, 7) is 3.76. The molecule has 1 saturated carbocycles. The van der Waals surface area contributed by atoms with E-state index in [0.29, 0.717) is 18.2 Å². The van der Waals surface area contributed by atoms with Gasteiger partial charge in [0.15, 0.2) is 0 Å². The fourth-order valence-corrected chi connectivity index (χ4v) is 3.30. The van der Waals surface area contributed by atoms with Gasteiger partial charge in [0.25, 0.3) is 0 Å². The lowest BCUT2D eigenvalue weighted by atomic mass is 9.95. The maximum absolute atomic E-state index is 12.9. The second-order valence-corrected chi connectivity index (χ2v) is 7.31. The van der Waals surface area contributed by atoms with Gasteiger partial charge in [0, 0.05) is 18.3 Å². The van der Waals surface area contributed by atoms with Gasteiger partial charge in [-0.25, -0.2) is 0 Å². The molecule has 4 nitrogen and oxygen atoms in total. The van der Waals surface area contributed by atoms with E-state index >= 15 is 0 Å². The molecule has 3 aromatic rings.